The maximum Gasteiger partial charge on any atom is 0.0601 e. The van der Waals surface area contributed by atoms with E-state index in [1.165, 1.54) is 15.6 Å². The minimum atomic E-state index is 0.697. The van der Waals surface area contributed by atoms with Crippen LogP contribution in [0.25, 0.3) is 0 Å². The first kappa shape index (κ1) is 16.2. The smallest absolute Gasteiger partial charge is 0.0601 e. The van der Waals surface area contributed by atoms with E-state index in [0.29, 0.717) is 6.54 Å². The van der Waals surface area contributed by atoms with Crippen molar-refractivity contribution in [2.75, 3.05) is 19.6 Å². The molecule has 0 aliphatic heterocycles. The van der Waals surface area contributed by atoms with Gasteiger partial charge in [0.15, 0.2) is 0 Å². The van der Waals surface area contributed by atoms with Gasteiger partial charge in [0.1, 0.15) is 0 Å². The Morgan fingerprint density at radius 3 is 2.74 bits per heavy atom. The fraction of sp³-hybridized carbons (Fsp3) is 0.500. The molecule has 104 valence electrons. The lowest BCUT2D eigenvalue weighted by atomic mass is 10.1. The number of benzene rings is 1. The van der Waals surface area contributed by atoms with Crippen LogP contribution in [0.1, 0.15) is 31.4 Å². The lowest BCUT2D eigenvalue weighted by Crippen LogP contribution is -2.23. The molecule has 0 aliphatic carbocycles. The molecule has 0 saturated heterocycles. The van der Waals surface area contributed by atoms with Gasteiger partial charge in [-0.15, -0.1) is 6.42 Å². The van der Waals surface area contributed by atoms with Gasteiger partial charge in [-0.1, -0.05) is 47.8 Å². The number of hydrogen-bond donors (Lipinski definition) is 1. The fourth-order valence-corrected chi connectivity index (χ4v) is 2.44. The van der Waals surface area contributed by atoms with E-state index in [1.807, 2.05) is 0 Å². The zero-order valence-electron chi connectivity index (χ0n) is 11.9. The van der Waals surface area contributed by atoms with Crippen LogP contribution in [0.5, 0.6) is 0 Å². The highest BCUT2D eigenvalue weighted by Crippen LogP contribution is 2.20. The van der Waals surface area contributed by atoms with E-state index in [1.54, 1.807) is 0 Å². The lowest BCUT2D eigenvalue weighted by Gasteiger charge is -2.18. The van der Waals surface area contributed by atoms with Gasteiger partial charge >= 0.3 is 0 Å². The molecule has 3 heteroatoms. The summed E-state index contributed by atoms with van der Waals surface area (Å²) in [6, 6.07) is 6.57. The second kappa shape index (κ2) is 9.14. The van der Waals surface area contributed by atoms with Crippen molar-refractivity contribution < 1.29 is 0 Å². The second-order valence-corrected chi connectivity index (χ2v) is 5.46. The number of nitrogens with zero attached hydrogens (tertiary/aromatic N) is 1. The Morgan fingerprint density at radius 2 is 2.16 bits per heavy atom. The van der Waals surface area contributed by atoms with Gasteiger partial charge in [0.2, 0.25) is 0 Å². The van der Waals surface area contributed by atoms with Crippen molar-refractivity contribution in [3.63, 3.8) is 0 Å². The van der Waals surface area contributed by atoms with Gasteiger partial charge in [-0.2, -0.15) is 0 Å². The van der Waals surface area contributed by atoms with Gasteiger partial charge < -0.3 is 5.32 Å². The minimum Gasteiger partial charge on any atom is -0.313 e. The highest BCUT2D eigenvalue weighted by molar-refractivity contribution is 9.10. The standard InChI is InChI=1S/C16H23BrN2/c1-4-9-18-12-14-7-8-15(16(17)11-14)13-19(6-3)10-5-2/h2,7-8,11,18H,4,6,9-10,12-13H2,1,3H3. The van der Waals surface area contributed by atoms with Gasteiger partial charge in [-0.05, 0) is 36.7 Å². The van der Waals surface area contributed by atoms with Crippen molar-refractivity contribution >= 4 is 15.9 Å². The van der Waals surface area contributed by atoms with E-state index >= 15 is 0 Å². The molecule has 0 saturated carbocycles. The third kappa shape index (κ3) is 5.78. The van der Waals surface area contributed by atoms with Crippen molar-refractivity contribution in [3.8, 4) is 12.3 Å². The van der Waals surface area contributed by atoms with Crippen LogP contribution in [0.3, 0.4) is 0 Å². The Kier molecular flexibility index (Phi) is 7.81. The van der Waals surface area contributed by atoms with E-state index < -0.39 is 0 Å². The van der Waals surface area contributed by atoms with E-state index in [9.17, 15) is 0 Å². The summed E-state index contributed by atoms with van der Waals surface area (Å²) in [7, 11) is 0. The molecule has 0 aromatic heterocycles. The lowest BCUT2D eigenvalue weighted by molar-refractivity contribution is 0.315. The molecule has 1 rings (SSSR count). The second-order valence-electron chi connectivity index (χ2n) is 4.61. The molecule has 0 spiro atoms. The molecular weight excluding hydrogens is 300 g/mol. The molecule has 1 aromatic carbocycles. The van der Waals surface area contributed by atoms with E-state index in [0.717, 1.165) is 32.6 Å². The Morgan fingerprint density at radius 1 is 1.37 bits per heavy atom. The molecule has 19 heavy (non-hydrogen) atoms. The molecule has 0 unspecified atom stereocenters. The molecule has 0 radical (unpaired) electrons. The number of hydrogen-bond acceptors (Lipinski definition) is 2. The Bertz CT molecular complexity index is 423. The normalized spacial score (nSPS) is 10.7. The fourth-order valence-electron chi connectivity index (χ4n) is 1.89. The predicted octanol–water partition coefficient (Wildman–Crippen LogP) is 3.40. The van der Waals surface area contributed by atoms with Crippen LogP contribution in [0.2, 0.25) is 0 Å². The van der Waals surface area contributed by atoms with E-state index in [2.05, 4.69) is 64.1 Å². The van der Waals surface area contributed by atoms with Crippen LogP contribution < -0.4 is 5.32 Å². The van der Waals surface area contributed by atoms with Crippen molar-refractivity contribution in [3.05, 3.63) is 33.8 Å². The molecule has 1 N–H and O–H groups in total. The van der Waals surface area contributed by atoms with Gasteiger partial charge in [0.05, 0.1) is 6.54 Å². The van der Waals surface area contributed by atoms with Crippen LogP contribution in [0.15, 0.2) is 22.7 Å². The van der Waals surface area contributed by atoms with Gasteiger partial charge in [0, 0.05) is 17.6 Å². The largest absolute Gasteiger partial charge is 0.313 e. The topological polar surface area (TPSA) is 15.3 Å². The zero-order chi connectivity index (χ0) is 14.1. The molecule has 0 amide bonds. The summed E-state index contributed by atoms with van der Waals surface area (Å²) < 4.78 is 1.17. The predicted molar refractivity (Wildman–Crippen MR) is 85.9 cm³/mol. The summed E-state index contributed by atoms with van der Waals surface area (Å²) in [5, 5.41) is 3.41. The van der Waals surface area contributed by atoms with Crippen LogP contribution in [0, 0.1) is 12.3 Å². The minimum absolute atomic E-state index is 0.697. The first-order valence-corrected chi connectivity index (χ1v) is 7.64. The quantitative estimate of drug-likeness (QED) is 0.583. The number of nitrogens with one attached hydrogen (secondary N) is 1. The Balaban J connectivity index is 2.63. The average molecular weight is 323 g/mol. The Hall–Kier alpha value is -0.820. The van der Waals surface area contributed by atoms with Gasteiger partial charge in [-0.25, -0.2) is 0 Å². The molecule has 0 bridgehead atoms. The summed E-state index contributed by atoms with van der Waals surface area (Å²) in [6.07, 6.45) is 6.54. The summed E-state index contributed by atoms with van der Waals surface area (Å²) in [5.41, 5.74) is 2.60. The third-order valence-corrected chi connectivity index (χ3v) is 3.77. The molecule has 0 atom stereocenters. The SMILES string of the molecule is C#CCN(CC)Cc1ccc(CNCCC)cc1Br. The van der Waals surface area contributed by atoms with E-state index in [4.69, 9.17) is 6.42 Å². The molecule has 0 fully saturated rings. The number of rotatable bonds is 8. The van der Waals surface area contributed by atoms with Crippen molar-refractivity contribution in [1.82, 2.24) is 10.2 Å². The molecule has 0 heterocycles. The maximum absolute atomic E-state index is 5.38. The van der Waals surface area contributed by atoms with Crippen LogP contribution in [-0.4, -0.2) is 24.5 Å². The maximum atomic E-state index is 5.38. The number of terminal acetylenes is 1. The zero-order valence-corrected chi connectivity index (χ0v) is 13.5. The summed E-state index contributed by atoms with van der Waals surface area (Å²) in [4.78, 5) is 2.25. The van der Waals surface area contributed by atoms with Gasteiger partial charge in [-0.3, -0.25) is 4.90 Å². The molecule has 1 aromatic rings. The van der Waals surface area contributed by atoms with Crippen molar-refractivity contribution in [2.24, 2.45) is 0 Å². The van der Waals surface area contributed by atoms with E-state index in [-0.39, 0.29) is 0 Å². The first-order valence-electron chi connectivity index (χ1n) is 6.85. The first-order chi connectivity index (χ1) is 9.21. The van der Waals surface area contributed by atoms with Crippen LogP contribution >= 0.6 is 15.9 Å². The van der Waals surface area contributed by atoms with Gasteiger partial charge in [0.25, 0.3) is 0 Å². The molecule has 0 aliphatic rings. The summed E-state index contributed by atoms with van der Waals surface area (Å²) >= 11 is 3.66. The highest BCUT2D eigenvalue weighted by Gasteiger charge is 2.06. The highest BCUT2D eigenvalue weighted by atomic mass is 79.9. The monoisotopic (exact) mass is 322 g/mol. The average Bonchev–Trinajstić information content (AvgIpc) is 2.41. The summed E-state index contributed by atoms with van der Waals surface area (Å²) in [5.74, 6) is 2.70. The van der Waals surface area contributed by atoms with Crippen molar-refractivity contribution in [1.29, 1.82) is 0 Å². The molecule has 2 nitrogen and oxygen atoms in total. The summed E-state index contributed by atoms with van der Waals surface area (Å²) in [6.45, 7) is 8.86. The van der Waals surface area contributed by atoms with Crippen LogP contribution in [-0.2, 0) is 13.1 Å². The van der Waals surface area contributed by atoms with Crippen LogP contribution in [0.4, 0.5) is 0 Å². The molecular formula is C16H23BrN2. The Labute approximate surface area is 125 Å². The number of halogens is 1. The third-order valence-electron chi connectivity index (χ3n) is 3.03. The van der Waals surface area contributed by atoms with Crippen molar-refractivity contribution in [2.45, 2.75) is 33.4 Å².